The van der Waals surface area contributed by atoms with Crippen LogP contribution < -0.4 is 10.1 Å². The maximum absolute atomic E-state index is 11.2. The Morgan fingerprint density at radius 2 is 2.29 bits per heavy atom. The van der Waals surface area contributed by atoms with Crippen LogP contribution in [0.4, 0.5) is 5.82 Å². The van der Waals surface area contributed by atoms with E-state index in [2.05, 4.69) is 10.3 Å². The number of aliphatic carboxylic acids is 1. The summed E-state index contributed by atoms with van der Waals surface area (Å²) in [4.78, 5) is 15.5. The van der Waals surface area contributed by atoms with Gasteiger partial charge in [-0.1, -0.05) is 6.07 Å². The van der Waals surface area contributed by atoms with Crippen molar-refractivity contribution in [3.05, 3.63) is 30.5 Å². The lowest BCUT2D eigenvalue weighted by Crippen LogP contribution is -2.33. The molecule has 3 rings (SSSR count). The number of anilines is 1. The van der Waals surface area contributed by atoms with E-state index in [1.807, 2.05) is 24.3 Å². The third-order valence-corrected chi connectivity index (χ3v) is 3.69. The first-order chi connectivity index (χ1) is 10.2. The van der Waals surface area contributed by atoms with Crippen molar-refractivity contribution in [2.45, 2.75) is 6.04 Å². The van der Waals surface area contributed by atoms with E-state index in [1.54, 1.807) is 13.3 Å². The van der Waals surface area contributed by atoms with E-state index in [4.69, 9.17) is 9.47 Å². The van der Waals surface area contributed by atoms with Gasteiger partial charge in [0, 0.05) is 11.6 Å². The van der Waals surface area contributed by atoms with Crippen molar-refractivity contribution in [2.24, 2.45) is 5.92 Å². The van der Waals surface area contributed by atoms with Gasteiger partial charge in [-0.15, -0.1) is 0 Å². The van der Waals surface area contributed by atoms with Crippen molar-refractivity contribution in [1.82, 2.24) is 4.98 Å². The van der Waals surface area contributed by atoms with Crippen LogP contribution in [0.15, 0.2) is 30.5 Å². The molecule has 0 bridgehead atoms. The van der Waals surface area contributed by atoms with Gasteiger partial charge in [0.25, 0.3) is 0 Å². The second-order valence-electron chi connectivity index (χ2n) is 4.98. The fourth-order valence-corrected chi connectivity index (χ4v) is 2.50. The van der Waals surface area contributed by atoms with Crippen LogP contribution in [-0.4, -0.2) is 42.4 Å². The van der Waals surface area contributed by atoms with Crippen molar-refractivity contribution in [1.29, 1.82) is 0 Å². The van der Waals surface area contributed by atoms with Gasteiger partial charge < -0.3 is 19.9 Å². The zero-order valence-corrected chi connectivity index (χ0v) is 11.6. The maximum Gasteiger partial charge on any atom is 0.311 e. The van der Waals surface area contributed by atoms with Crippen molar-refractivity contribution in [3.8, 4) is 5.75 Å². The molecule has 6 nitrogen and oxygen atoms in total. The van der Waals surface area contributed by atoms with Crippen molar-refractivity contribution in [3.63, 3.8) is 0 Å². The van der Waals surface area contributed by atoms with E-state index in [9.17, 15) is 9.90 Å². The molecule has 0 aliphatic carbocycles. The summed E-state index contributed by atoms with van der Waals surface area (Å²) in [6.07, 6.45) is 1.70. The highest BCUT2D eigenvalue weighted by molar-refractivity contribution is 5.93. The smallest absolute Gasteiger partial charge is 0.311 e. The molecule has 0 amide bonds. The van der Waals surface area contributed by atoms with Crippen LogP contribution in [0.5, 0.6) is 5.75 Å². The molecule has 2 unspecified atom stereocenters. The summed E-state index contributed by atoms with van der Waals surface area (Å²) in [6, 6.07) is 7.33. The molecule has 1 aromatic carbocycles. The topological polar surface area (TPSA) is 80.7 Å². The minimum absolute atomic E-state index is 0.223. The maximum atomic E-state index is 11.2. The lowest BCUT2D eigenvalue weighted by atomic mass is 10.0. The Kier molecular flexibility index (Phi) is 3.62. The van der Waals surface area contributed by atoms with Crippen molar-refractivity contribution < 1.29 is 19.4 Å². The van der Waals surface area contributed by atoms with E-state index in [0.717, 1.165) is 16.5 Å². The highest BCUT2D eigenvalue weighted by Gasteiger charge is 2.34. The van der Waals surface area contributed by atoms with Gasteiger partial charge in [-0.25, -0.2) is 4.98 Å². The SMILES string of the molecule is COc1ccc2ccnc(NC3COCC3C(=O)O)c2c1. The minimum Gasteiger partial charge on any atom is -0.497 e. The number of nitrogens with zero attached hydrogens (tertiary/aromatic N) is 1. The summed E-state index contributed by atoms with van der Waals surface area (Å²) in [5.41, 5.74) is 0. The van der Waals surface area contributed by atoms with Gasteiger partial charge in [-0.3, -0.25) is 4.79 Å². The number of benzene rings is 1. The first kappa shape index (κ1) is 13.6. The monoisotopic (exact) mass is 288 g/mol. The van der Waals surface area contributed by atoms with Crippen LogP contribution in [0.3, 0.4) is 0 Å². The van der Waals surface area contributed by atoms with Crippen molar-refractivity contribution >= 4 is 22.6 Å². The van der Waals surface area contributed by atoms with Gasteiger partial charge in [-0.2, -0.15) is 0 Å². The second kappa shape index (κ2) is 5.57. The minimum atomic E-state index is -0.859. The molecule has 2 aromatic rings. The number of carbonyl (C=O) groups is 1. The molecule has 1 aliphatic heterocycles. The molecule has 6 heteroatoms. The molecule has 2 heterocycles. The molecule has 2 atom stereocenters. The zero-order valence-electron chi connectivity index (χ0n) is 11.6. The number of hydrogen-bond acceptors (Lipinski definition) is 5. The van der Waals surface area contributed by atoms with Gasteiger partial charge in [0.2, 0.25) is 0 Å². The highest BCUT2D eigenvalue weighted by atomic mass is 16.5. The van der Waals surface area contributed by atoms with Gasteiger partial charge in [0.05, 0.1) is 26.4 Å². The molecule has 21 heavy (non-hydrogen) atoms. The van der Waals surface area contributed by atoms with E-state index >= 15 is 0 Å². The highest BCUT2D eigenvalue weighted by Crippen LogP contribution is 2.27. The summed E-state index contributed by atoms with van der Waals surface area (Å²) in [5, 5.41) is 14.3. The van der Waals surface area contributed by atoms with E-state index in [0.29, 0.717) is 12.4 Å². The van der Waals surface area contributed by atoms with Crippen LogP contribution in [-0.2, 0) is 9.53 Å². The first-order valence-electron chi connectivity index (χ1n) is 6.69. The van der Waals surface area contributed by atoms with Crippen LogP contribution >= 0.6 is 0 Å². The Morgan fingerprint density at radius 3 is 3.05 bits per heavy atom. The second-order valence-corrected chi connectivity index (χ2v) is 4.98. The van der Waals surface area contributed by atoms with Crippen LogP contribution in [0.25, 0.3) is 10.8 Å². The molecule has 2 N–H and O–H groups in total. The number of methoxy groups -OCH3 is 1. The summed E-state index contributed by atoms with van der Waals surface area (Å²) >= 11 is 0. The van der Waals surface area contributed by atoms with E-state index in [-0.39, 0.29) is 12.6 Å². The number of nitrogens with one attached hydrogen (secondary N) is 1. The number of rotatable bonds is 4. The summed E-state index contributed by atoms with van der Waals surface area (Å²) in [7, 11) is 1.61. The first-order valence-corrected chi connectivity index (χ1v) is 6.69. The zero-order chi connectivity index (χ0) is 14.8. The molecule has 1 aromatic heterocycles. The molecule has 110 valence electrons. The molecular formula is C15H16N2O4. The summed E-state index contributed by atoms with van der Waals surface area (Å²) in [6.45, 7) is 0.583. The molecular weight excluding hydrogens is 272 g/mol. The third-order valence-electron chi connectivity index (χ3n) is 3.69. The predicted octanol–water partition coefficient (Wildman–Crippen LogP) is 1.75. The lowest BCUT2D eigenvalue weighted by Gasteiger charge is -2.17. The normalized spacial score (nSPS) is 21.4. The predicted molar refractivity (Wildman–Crippen MR) is 77.7 cm³/mol. The number of pyridine rings is 1. The molecule has 1 aliphatic rings. The quantitative estimate of drug-likeness (QED) is 0.892. The molecule has 1 fully saturated rings. The fraction of sp³-hybridized carbons (Fsp3) is 0.333. The largest absolute Gasteiger partial charge is 0.497 e. The Bertz CT molecular complexity index is 674. The van der Waals surface area contributed by atoms with Crippen LogP contribution in [0.1, 0.15) is 0 Å². The Morgan fingerprint density at radius 1 is 1.43 bits per heavy atom. The summed E-state index contributed by atoms with van der Waals surface area (Å²) in [5.74, 6) is -0.0420. The number of fused-ring (bicyclic) bond motifs is 1. The van der Waals surface area contributed by atoms with E-state index in [1.165, 1.54) is 0 Å². The van der Waals surface area contributed by atoms with Crippen LogP contribution in [0, 0.1) is 5.92 Å². The Balaban J connectivity index is 1.94. The van der Waals surface area contributed by atoms with Gasteiger partial charge in [0.15, 0.2) is 0 Å². The van der Waals surface area contributed by atoms with Gasteiger partial charge >= 0.3 is 5.97 Å². The fourth-order valence-electron chi connectivity index (χ4n) is 2.50. The van der Waals surface area contributed by atoms with Gasteiger partial charge in [0.1, 0.15) is 17.5 Å². The van der Waals surface area contributed by atoms with Crippen LogP contribution in [0.2, 0.25) is 0 Å². The van der Waals surface area contributed by atoms with Gasteiger partial charge in [-0.05, 0) is 23.6 Å². The Hall–Kier alpha value is -2.34. The number of carboxylic acids is 1. The number of hydrogen-bond donors (Lipinski definition) is 2. The Labute approximate surface area is 121 Å². The number of ether oxygens (including phenoxy) is 2. The number of aromatic nitrogens is 1. The molecule has 0 spiro atoms. The molecule has 0 radical (unpaired) electrons. The average molecular weight is 288 g/mol. The number of carboxylic acid groups (broad SMARTS) is 1. The lowest BCUT2D eigenvalue weighted by molar-refractivity contribution is -0.141. The van der Waals surface area contributed by atoms with E-state index < -0.39 is 11.9 Å². The average Bonchev–Trinajstić information content (AvgIpc) is 2.95. The molecule has 0 saturated carbocycles. The third kappa shape index (κ3) is 2.62. The standard InChI is InChI=1S/C15H16N2O4/c1-20-10-3-2-9-4-5-16-14(11(9)6-10)17-13-8-21-7-12(13)15(18)19/h2-6,12-13H,7-8H2,1H3,(H,16,17)(H,18,19). The summed E-state index contributed by atoms with van der Waals surface area (Å²) < 4.78 is 10.5. The van der Waals surface area contributed by atoms with Crippen molar-refractivity contribution in [2.75, 3.05) is 25.6 Å². The molecule has 1 saturated heterocycles.